The topological polar surface area (TPSA) is 101 Å². The first-order valence-electron chi connectivity index (χ1n) is 6.23. The van der Waals surface area contributed by atoms with Crippen LogP contribution in [-0.4, -0.2) is 35.6 Å². The van der Waals surface area contributed by atoms with Crippen molar-refractivity contribution in [2.75, 3.05) is 6.54 Å². The number of aromatic nitrogens is 2. The lowest BCUT2D eigenvalue weighted by molar-refractivity contribution is -0.136. The first kappa shape index (κ1) is 15.2. The second-order valence-electron chi connectivity index (χ2n) is 4.41. The van der Waals surface area contributed by atoms with Crippen LogP contribution in [-0.2, 0) is 27.8 Å². The van der Waals surface area contributed by atoms with Crippen LogP contribution in [0.5, 0.6) is 0 Å². The van der Waals surface area contributed by atoms with Crippen LogP contribution in [0.3, 0.4) is 0 Å². The van der Waals surface area contributed by atoms with Gasteiger partial charge in [0.15, 0.2) is 0 Å². The average Bonchev–Trinajstić information content (AvgIpc) is 2.91. The third-order valence-electron chi connectivity index (χ3n) is 2.81. The molecule has 0 saturated carbocycles. The SMILES string of the molecule is O=C(O)Cc1ccc(S(=O)(=O)NCCn2ccnc2)cc1. The van der Waals surface area contributed by atoms with Gasteiger partial charge < -0.3 is 9.67 Å². The fourth-order valence-electron chi connectivity index (χ4n) is 1.77. The number of carbonyl (C=O) groups is 1. The fraction of sp³-hybridized carbons (Fsp3) is 0.231. The van der Waals surface area contributed by atoms with Crippen LogP contribution in [0.25, 0.3) is 0 Å². The third-order valence-corrected chi connectivity index (χ3v) is 4.29. The summed E-state index contributed by atoms with van der Waals surface area (Å²) in [5.41, 5.74) is 0.555. The average molecular weight is 309 g/mol. The van der Waals surface area contributed by atoms with Crippen molar-refractivity contribution in [3.05, 3.63) is 48.5 Å². The molecular weight excluding hydrogens is 294 g/mol. The van der Waals surface area contributed by atoms with Gasteiger partial charge in [0.1, 0.15) is 0 Å². The van der Waals surface area contributed by atoms with Gasteiger partial charge in [-0.3, -0.25) is 4.79 Å². The lowest BCUT2D eigenvalue weighted by atomic mass is 10.2. The number of hydrogen-bond donors (Lipinski definition) is 2. The number of nitrogens with zero attached hydrogens (tertiary/aromatic N) is 2. The molecule has 2 rings (SSSR count). The molecule has 0 atom stereocenters. The summed E-state index contributed by atoms with van der Waals surface area (Å²) in [5.74, 6) is -0.955. The van der Waals surface area contributed by atoms with E-state index in [1.807, 2.05) is 0 Å². The number of carboxylic acids is 1. The summed E-state index contributed by atoms with van der Waals surface area (Å²) in [5, 5.41) is 8.66. The third kappa shape index (κ3) is 4.40. The van der Waals surface area contributed by atoms with Crippen LogP contribution >= 0.6 is 0 Å². The molecule has 0 amide bonds. The summed E-state index contributed by atoms with van der Waals surface area (Å²) >= 11 is 0. The zero-order valence-corrected chi connectivity index (χ0v) is 12.0. The Morgan fingerprint density at radius 3 is 2.57 bits per heavy atom. The fourth-order valence-corrected chi connectivity index (χ4v) is 2.79. The predicted molar refractivity (Wildman–Crippen MR) is 75.2 cm³/mol. The van der Waals surface area contributed by atoms with Gasteiger partial charge in [-0.05, 0) is 17.7 Å². The number of benzene rings is 1. The van der Waals surface area contributed by atoms with Gasteiger partial charge in [0.05, 0.1) is 17.6 Å². The molecule has 2 N–H and O–H groups in total. The summed E-state index contributed by atoms with van der Waals surface area (Å²) in [4.78, 5) is 14.5. The van der Waals surface area contributed by atoms with Crippen molar-refractivity contribution >= 4 is 16.0 Å². The van der Waals surface area contributed by atoms with Crippen LogP contribution in [0.15, 0.2) is 47.9 Å². The minimum Gasteiger partial charge on any atom is -0.481 e. The summed E-state index contributed by atoms with van der Waals surface area (Å²) < 4.78 is 28.3. The highest BCUT2D eigenvalue weighted by molar-refractivity contribution is 7.89. The van der Waals surface area contributed by atoms with Crippen LogP contribution in [0.1, 0.15) is 5.56 Å². The first-order valence-corrected chi connectivity index (χ1v) is 7.72. The van der Waals surface area contributed by atoms with E-state index in [9.17, 15) is 13.2 Å². The van der Waals surface area contributed by atoms with E-state index in [2.05, 4.69) is 9.71 Å². The van der Waals surface area contributed by atoms with Crippen molar-refractivity contribution in [3.63, 3.8) is 0 Å². The number of sulfonamides is 1. The van der Waals surface area contributed by atoms with E-state index in [1.54, 1.807) is 23.3 Å². The van der Waals surface area contributed by atoms with Gasteiger partial charge in [-0.25, -0.2) is 18.1 Å². The number of rotatable bonds is 7. The second-order valence-corrected chi connectivity index (χ2v) is 6.18. The van der Waals surface area contributed by atoms with Crippen LogP contribution in [0.2, 0.25) is 0 Å². The number of aliphatic carboxylic acids is 1. The van der Waals surface area contributed by atoms with Crippen LogP contribution < -0.4 is 4.72 Å². The van der Waals surface area contributed by atoms with Crippen LogP contribution in [0.4, 0.5) is 0 Å². The normalized spacial score (nSPS) is 11.4. The molecule has 1 aromatic heterocycles. The molecule has 8 heteroatoms. The van der Waals surface area contributed by atoms with Gasteiger partial charge in [-0.15, -0.1) is 0 Å². The lowest BCUT2D eigenvalue weighted by Gasteiger charge is -2.07. The molecule has 0 fully saturated rings. The molecule has 0 bridgehead atoms. The van der Waals surface area contributed by atoms with E-state index in [1.165, 1.54) is 24.3 Å². The lowest BCUT2D eigenvalue weighted by Crippen LogP contribution is -2.27. The Balaban J connectivity index is 1.96. The molecule has 1 heterocycles. The maximum absolute atomic E-state index is 12.0. The Morgan fingerprint density at radius 2 is 2.00 bits per heavy atom. The van der Waals surface area contributed by atoms with E-state index in [-0.39, 0.29) is 17.9 Å². The van der Waals surface area contributed by atoms with E-state index in [0.29, 0.717) is 12.1 Å². The van der Waals surface area contributed by atoms with Crippen molar-refractivity contribution in [3.8, 4) is 0 Å². The van der Waals surface area contributed by atoms with Crippen molar-refractivity contribution in [1.82, 2.24) is 14.3 Å². The smallest absolute Gasteiger partial charge is 0.307 e. The molecule has 0 aliphatic heterocycles. The Kier molecular flexibility index (Phi) is 4.71. The van der Waals surface area contributed by atoms with Crippen molar-refractivity contribution in [2.45, 2.75) is 17.9 Å². The second kappa shape index (κ2) is 6.51. The summed E-state index contributed by atoms with van der Waals surface area (Å²) in [7, 11) is -3.59. The number of nitrogens with one attached hydrogen (secondary N) is 1. The van der Waals surface area contributed by atoms with Crippen molar-refractivity contribution in [1.29, 1.82) is 0 Å². The Bertz CT molecular complexity index is 694. The van der Waals surface area contributed by atoms with Gasteiger partial charge in [-0.1, -0.05) is 12.1 Å². The Labute approximate surface area is 122 Å². The molecule has 112 valence electrons. The molecule has 0 radical (unpaired) electrons. The molecule has 0 unspecified atom stereocenters. The van der Waals surface area contributed by atoms with Crippen molar-refractivity contribution < 1.29 is 18.3 Å². The molecular formula is C13H15N3O4S. The maximum Gasteiger partial charge on any atom is 0.307 e. The molecule has 2 aromatic rings. The van der Waals surface area contributed by atoms with Gasteiger partial charge in [-0.2, -0.15) is 0 Å². The largest absolute Gasteiger partial charge is 0.481 e. The highest BCUT2D eigenvalue weighted by atomic mass is 32.2. The van der Waals surface area contributed by atoms with Gasteiger partial charge in [0.2, 0.25) is 10.0 Å². The summed E-state index contributed by atoms with van der Waals surface area (Å²) in [6.45, 7) is 0.728. The number of carboxylic acid groups (broad SMARTS) is 1. The first-order chi connectivity index (χ1) is 9.97. The van der Waals surface area contributed by atoms with E-state index >= 15 is 0 Å². The maximum atomic E-state index is 12.0. The molecule has 0 aliphatic carbocycles. The minimum absolute atomic E-state index is 0.113. The Morgan fingerprint density at radius 1 is 1.29 bits per heavy atom. The van der Waals surface area contributed by atoms with Crippen LogP contribution in [0, 0.1) is 0 Å². The zero-order valence-electron chi connectivity index (χ0n) is 11.1. The standard InChI is InChI=1S/C13H15N3O4S/c17-13(18)9-11-1-3-12(4-2-11)21(19,20)15-6-8-16-7-5-14-10-16/h1-5,7,10,15H,6,8-9H2,(H,17,18). The Hall–Kier alpha value is -2.19. The molecule has 0 aliphatic rings. The minimum atomic E-state index is -3.59. The number of imidazole rings is 1. The highest BCUT2D eigenvalue weighted by Crippen LogP contribution is 2.11. The van der Waals surface area contributed by atoms with E-state index < -0.39 is 16.0 Å². The van der Waals surface area contributed by atoms with E-state index in [4.69, 9.17) is 5.11 Å². The molecule has 7 nitrogen and oxygen atoms in total. The highest BCUT2D eigenvalue weighted by Gasteiger charge is 2.13. The van der Waals surface area contributed by atoms with Gasteiger partial charge in [0, 0.05) is 25.5 Å². The quantitative estimate of drug-likeness (QED) is 0.775. The summed E-state index contributed by atoms with van der Waals surface area (Å²) in [6, 6.07) is 5.80. The molecule has 1 aromatic carbocycles. The number of hydrogen-bond acceptors (Lipinski definition) is 4. The molecule has 0 spiro atoms. The molecule has 0 saturated heterocycles. The summed E-state index contributed by atoms with van der Waals surface area (Å²) in [6.07, 6.45) is 4.84. The van der Waals surface area contributed by atoms with Crippen molar-refractivity contribution in [2.24, 2.45) is 0 Å². The zero-order chi connectivity index (χ0) is 15.3. The monoisotopic (exact) mass is 309 g/mol. The van der Waals surface area contributed by atoms with Gasteiger partial charge in [0.25, 0.3) is 0 Å². The predicted octanol–water partition coefficient (Wildman–Crippen LogP) is 0.489. The van der Waals surface area contributed by atoms with Gasteiger partial charge >= 0.3 is 5.97 Å². The van der Waals surface area contributed by atoms with E-state index in [0.717, 1.165) is 0 Å². The molecule has 21 heavy (non-hydrogen) atoms.